The van der Waals surface area contributed by atoms with Gasteiger partial charge in [0.25, 0.3) is 0 Å². The van der Waals surface area contributed by atoms with Gasteiger partial charge in [0.15, 0.2) is 16.9 Å². The number of ether oxygens (including phenoxy) is 1. The van der Waals surface area contributed by atoms with Crippen molar-refractivity contribution >= 4 is 48.6 Å². The van der Waals surface area contributed by atoms with E-state index in [0.29, 0.717) is 0 Å². The normalized spacial score (nSPS) is 13.5. The fraction of sp³-hybridized carbons (Fsp3) is 0.0606. The van der Waals surface area contributed by atoms with Gasteiger partial charge in [-0.2, -0.15) is 0 Å². The molecule has 1 aromatic heterocycles. The van der Waals surface area contributed by atoms with Gasteiger partial charge in [0, 0.05) is 25.9 Å². The second-order valence-electron chi connectivity index (χ2n) is 9.72. The molecule has 2 heterocycles. The molecule has 0 saturated carbocycles. The summed E-state index contributed by atoms with van der Waals surface area (Å²) < 4.78 is 8.32. The molecule has 0 spiro atoms. The molecule has 176 valence electrons. The summed E-state index contributed by atoms with van der Waals surface area (Å²) in [7, 11) is 0. The van der Waals surface area contributed by atoms with Crippen molar-refractivity contribution in [2.24, 2.45) is 0 Å². The van der Waals surface area contributed by atoms with Gasteiger partial charge in [-0.15, -0.1) is 11.3 Å². The van der Waals surface area contributed by atoms with E-state index in [1.54, 1.807) is 11.3 Å². The second kappa shape index (κ2) is 7.79. The number of hydrogen-bond donors (Lipinski definition) is 0. The largest absolute Gasteiger partial charge is 0.453 e. The SMILES string of the molecule is O=c1c2ccccc2sc2cc3c(cc12)Cc1ccc(N2c4ccccc4Oc4ccccc42)cc1C3. The molecule has 0 fully saturated rings. The fourth-order valence-corrected chi connectivity index (χ4v) is 6.86. The summed E-state index contributed by atoms with van der Waals surface area (Å²) in [6.07, 6.45) is 1.70. The highest BCUT2D eigenvalue weighted by atomic mass is 32.1. The predicted molar refractivity (Wildman–Crippen MR) is 152 cm³/mol. The van der Waals surface area contributed by atoms with Crippen LogP contribution >= 0.6 is 11.3 Å². The first-order chi connectivity index (χ1) is 18.2. The molecule has 0 radical (unpaired) electrons. The second-order valence-corrected chi connectivity index (χ2v) is 10.8. The summed E-state index contributed by atoms with van der Waals surface area (Å²) in [5, 5.41) is 1.65. The quantitative estimate of drug-likeness (QED) is 0.214. The zero-order valence-corrected chi connectivity index (χ0v) is 20.7. The molecule has 5 aromatic carbocycles. The molecule has 1 aliphatic heterocycles. The molecule has 0 saturated heterocycles. The molecule has 3 nitrogen and oxygen atoms in total. The van der Waals surface area contributed by atoms with E-state index in [2.05, 4.69) is 59.5 Å². The minimum Gasteiger partial charge on any atom is -0.453 e. The first kappa shape index (κ1) is 20.7. The van der Waals surface area contributed by atoms with E-state index in [9.17, 15) is 4.79 Å². The maximum absolute atomic E-state index is 13.2. The smallest absolute Gasteiger partial charge is 0.195 e. The van der Waals surface area contributed by atoms with Gasteiger partial charge < -0.3 is 9.64 Å². The van der Waals surface area contributed by atoms with Gasteiger partial charge in [-0.1, -0.05) is 42.5 Å². The van der Waals surface area contributed by atoms with E-state index >= 15 is 0 Å². The van der Waals surface area contributed by atoms with Crippen molar-refractivity contribution in [3.63, 3.8) is 0 Å². The maximum atomic E-state index is 13.2. The Hall–Kier alpha value is -4.41. The first-order valence-electron chi connectivity index (χ1n) is 12.5. The van der Waals surface area contributed by atoms with Crippen molar-refractivity contribution in [2.75, 3.05) is 4.90 Å². The Morgan fingerprint density at radius 2 is 1.24 bits per heavy atom. The highest BCUT2D eigenvalue weighted by Gasteiger charge is 2.26. The number of hydrogen-bond acceptors (Lipinski definition) is 4. The molecule has 2 aliphatic rings. The minimum atomic E-state index is 0.137. The lowest BCUT2D eigenvalue weighted by molar-refractivity contribution is 0.477. The first-order valence-corrected chi connectivity index (χ1v) is 13.3. The van der Waals surface area contributed by atoms with Gasteiger partial charge in [0.05, 0.1) is 11.4 Å². The average molecular weight is 496 g/mol. The number of fused-ring (bicyclic) bond motifs is 6. The third-order valence-corrected chi connectivity index (χ3v) is 8.67. The Balaban J connectivity index is 1.25. The minimum absolute atomic E-state index is 0.137. The van der Waals surface area contributed by atoms with Gasteiger partial charge in [-0.25, -0.2) is 0 Å². The molecule has 6 aromatic rings. The van der Waals surface area contributed by atoms with E-state index in [0.717, 1.165) is 61.6 Å². The van der Waals surface area contributed by atoms with Crippen LogP contribution in [-0.4, -0.2) is 0 Å². The predicted octanol–water partition coefficient (Wildman–Crippen LogP) is 8.49. The molecule has 0 bridgehead atoms. The van der Waals surface area contributed by atoms with Crippen LogP contribution in [0, 0.1) is 0 Å². The third kappa shape index (κ3) is 3.16. The van der Waals surface area contributed by atoms with Gasteiger partial charge in [0.1, 0.15) is 0 Å². The van der Waals surface area contributed by atoms with Crippen LogP contribution in [0.25, 0.3) is 20.2 Å². The number of nitrogens with zero attached hydrogens (tertiary/aromatic N) is 1. The standard InChI is InChI=1S/C33H21NO2S/c35-33-25-7-1-6-12-31(25)37-32-19-23-16-21-17-24(14-13-20(21)15-22(23)18-26(32)33)34-27-8-2-4-10-29(27)36-30-11-5-3-9-28(30)34/h1-14,17-19H,15-16H2. The maximum Gasteiger partial charge on any atom is 0.195 e. The van der Waals surface area contributed by atoms with Gasteiger partial charge >= 0.3 is 0 Å². The van der Waals surface area contributed by atoms with E-state index in [-0.39, 0.29) is 5.43 Å². The summed E-state index contributed by atoms with van der Waals surface area (Å²) in [5.74, 6) is 1.72. The molecule has 1 aliphatic carbocycles. The highest BCUT2D eigenvalue weighted by Crippen LogP contribution is 2.50. The summed E-state index contributed by atoms with van der Waals surface area (Å²) >= 11 is 1.71. The van der Waals surface area contributed by atoms with Crippen LogP contribution in [0.4, 0.5) is 17.1 Å². The Kier molecular flexibility index (Phi) is 4.37. The van der Waals surface area contributed by atoms with Crippen LogP contribution in [0.2, 0.25) is 0 Å². The summed E-state index contributed by atoms with van der Waals surface area (Å²) in [5.41, 5.74) is 8.57. The van der Waals surface area contributed by atoms with Crippen molar-refractivity contribution in [3.05, 3.63) is 136 Å². The molecule has 0 unspecified atom stereocenters. The van der Waals surface area contributed by atoms with Gasteiger partial charge in [0.2, 0.25) is 0 Å². The molecule has 37 heavy (non-hydrogen) atoms. The summed E-state index contributed by atoms with van der Waals surface area (Å²) in [4.78, 5) is 15.5. The lowest BCUT2D eigenvalue weighted by atomic mass is 9.85. The van der Waals surface area contributed by atoms with E-state index in [1.165, 1.54) is 22.3 Å². The Bertz CT molecular complexity index is 1910. The van der Waals surface area contributed by atoms with Gasteiger partial charge in [-0.05, 0) is 95.8 Å². The monoisotopic (exact) mass is 495 g/mol. The summed E-state index contributed by atoms with van der Waals surface area (Å²) in [6.45, 7) is 0. The van der Waals surface area contributed by atoms with E-state index < -0.39 is 0 Å². The van der Waals surface area contributed by atoms with E-state index in [1.807, 2.05) is 48.5 Å². The lowest BCUT2D eigenvalue weighted by Gasteiger charge is -2.33. The third-order valence-electron chi connectivity index (χ3n) is 7.54. The van der Waals surface area contributed by atoms with E-state index in [4.69, 9.17) is 4.74 Å². The molecule has 0 atom stereocenters. The number of benzene rings is 5. The molecular formula is C33H21NO2S. The van der Waals surface area contributed by atoms with Crippen molar-refractivity contribution in [1.29, 1.82) is 0 Å². The number of anilines is 3. The van der Waals surface area contributed by atoms with Crippen molar-refractivity contribution in [3.8, 4) is 11.5 Å². The fourth-order valence-electron chi connectivity index (χ4n) is 5.75. The van der Waals surface area contributed by atoms with Crippen molar-refractivity contribution in [1.82, 2.24) is 0 Å². The Morgan fingerprint density at radius 3 is 2.05 bits per heavy atom. The van der Waals surface area contributed by atoms with Crippen LogP contribution in [0.5, 0.6) is 11.5 Å². The van der Waals surface area contributed by atoms with Crippen molar-refractivity contribution < 1.29 is 4.74 Å². The topological polar surface area (TPSA) is 29.5 Å². The summed E-state index contributed by atoms with van der Waals surface area (Å²) in [6, 6.07) is 35.5. The Labute approximate surface area is 217 Å². The number of rotatable bonds is 1. The van der Waals surface area contributed by atoms with Crippen LogP contribution in [0.3, 0.4) is 0 Å². The molecule has 0 amide bonds. The molecule has 0 N–H and O–H groups in total. The molecule has 4 heteroatoms. The van der Waals surface area contributed by atoms with Crippen LogP contribution in [0.1, 0.15) is 22.3 Å². The highest BCUT2D eigenvalue weighted by molar-refractivity contribution is 7.24. The molecular weight excluding hydrogens is 474 g/mol. The average Bonchev–Trinajstić information content (AvgIpc) is 2.94. The number of para-hydroxylation sites is 4. The van der Waals surface area contributed by atoms with Crippen LogP contribution in [0.15, 0.2) is 108 Å². The molecule has 8 rings (SSSR count). The Morgan fingerprint density at radius 1 is 0.595 bits per heavy atom. The van der Waals surface area contributed by atoms with Gasteiger partial charge in [-0.3, -0.25) is 4.79 Å². The lowest BCUT2D eigenvalue weighted by Crippen LogP contribution is -2.17. The van der Waals surface area contributed by atoms with Crippen LogP contribution < -0.4 is 15.1 Å². The van der Waals surface area contributed by atoms with Crippen molar-refractivity contribution in [2.45, 2.75) is 12.8 Å². The van der Waals surface area contributed by atoms with Crippen LogP contribution in [-0.2, 0) is 12.8 Å². The zero-order chi connectivity index (χ0) is 24.5. The zero-order valence-electron chi connectivity index (χ0n) is 19.9.